The Bertz CT molecular complexity index is 623. The fraction of sp³-hybridized carbons (Fsp3) is 0.438. The van der Waals surface area contributed by atoms with Crippen LogP contribution in [0, 0.1) is 5.92 Å². The largest absolute Gasteiger partial charge is 0.397 e. The highest BCUT2D eigenvalue weighted by molar-refractivity contribution is 5.98. The minimum Gasteiger partial charge on any atom is -0.397 e. The monoisotopic (exact) mass is 270 g/mol. The summed E-state index contributed by atoms with van der Waals surface area (Å²) in [5.74, 6) is 0.661. The molecule has 2 unspecified atom stereocenters. The van der Waals surface area contributed by atoms with Gasteiger partial charge in [0.05, 0.1) is 11.2 Å². The van der Waals surface area contributed by atoms with Gasteiger partial charge < -0.3 is 15.5 Å². The van der Waals surface area contributed by atoms with Gasteiger partial charge in [-0.2, -0.15) is 0 Å². The summed E-state index contributed by atoms with van der Waals surface area (Å²) in [5, 5.41) is 1.15. The summed E-state index contributed by atoms with van der Waals surface area (Å²) in [6.07, 6.45) is 1.86. The minimum atomic E-state index is 0.597. The predicted octanol–water partition coefficient (Wildman–Crippen LogP) is 2.20. The van der Waals surface area contributed by atoms with Crippen LogP contribution in [0.3, 0.4) is 0 Å². The molecule has 2 aromatic rings. The molecule has 1 saturated heterocycles. The van der Waals surface area contributed by atoms with Crippen molar-refractivity contribution in [1.29, 1.82) is 0 Å². The maximum Gasteiger partial charge on any atom is 0.0951 e. The zero-order valence-electron chi connectivity index (χ0n) is 12.4. The summed E-state index contributed by atoms with van der Waals surface area (Å²) in [7, 11) is 4.32. The van der Waals surface area contributed by atoms with Crippen molar-refractivity contribution in [2.24, 2.45) is 5.92 Å². The molecule has 0 radical (unpaired) electrons. The first kappa shape index (κ1) is 13.2. The van der Waals surface area contributed by atoms with E-state index < -0.39 is 0 Å². The van der Waals surface area contributed by atoms with E-state index in [9.17, 15) is 0 Å². The smallest absolute Gasteiger partial charge is 0.0951 e. The van der Waals surface area contributed by atoms with Crippen molar-refractivity contribution in [3.05, 3.63) is 30.5 Å². The maximum absolute atomic E-state index is 6.04. The van der Waals surface area contributed by atoms with Crippen molar-refractivity contribution in [1.82, 2.24) is 9.88 Å². The highest BCUT2D eigenvalue weighted by Gasteiger charge is 2.31. The van der Waals surface area contributed by atoms with E-state index in [1.54, 1.807) is 0 Å². The lowest BCUT2D eigenvalue weighted by atomic mass is 10.1. The molecule has 20 heavy (non-hydrogen) atoms. The third kappa shape index (κ3) is 2.10. The van der Waals surface area contributed by atoms with Gasteiger partial charge in [0.1, 0.15) is 0 Å². The van der Waals surface area contributed by atoms with Crippen LogP contribution in [0.4, 0.5) is 11.4 Å². The van der Waals surface area contributed by atoms with Gasteiger partial charge in [-0.3, -0.25) is 4.98 Å². The lowest BCUT2D eigenvalue weighted by Crippen LogP contribution is -2.34. The van der Waals surface area contributed by atoms with Crippen molar-refractivity contribution in [2.45, 2.75) is 13.0 Å². The molecule has 0 aliphatic carbocycles. The highest BCUT2D eigenvalue weighted by atomic mass is 15.2. The second kappa shape index (κ2) is 4.94. The number of likely N-dealkylation sites (N-methyl/N-ethyl adjacent to an activating group) is 1. The van der Waals surface area contributed by atoms with Gasteiger partial charge in [0.2, 0.25) is 0 Å². The number of nitrogens with two attached hydrogens (primary N) is 1. The van der Waals surface area contributed by atoms with Crippen molar-refractivity contribution in [2.75, 3.05) is 37.8 Å². The standard InChI is InChI=1S/C16H22N4/c1-11-9-20(10-15(11)19(2)3)14-7-8-18-16-12(14)5-4-6-13(16)17/h4-8,11,15H,9-10,17H2,1-3H3. The summed E-state index contributed by atoms with van der Waals surface area (Å²) in [6, 6.07) is 8.73. The lowest BCUT2D eigenvalue weighted by molar-refractivity contribution is 0.266. The van der Waals surface area contributed by atoms with Gasteiger partial charge in [-0.25, -0.2) is 0 Å². The van der Waals surface area contributed by atoms with E-state index in [2.05, 4.69) is 47.9 Å². The van der Waals surface area contributed by atoms with E-state index in [0.717, 1.165) is 29.7 Å². The van der Waals surface area contributed by atoms with E-state index in [-0.39, 0.29) is 0 Å². The van der Waals surface area contributed by atoms with Gasteiger partial charge in [-0.1, -0.05) is 19.1 Å². The van der Waals surface area contributed by atoms with Crippen LogP contribution in [-0.2, 0) is 0 Å². The van der Waals surface area contributed by atoms with Gasteiger partial charge in [0, 0.05) is 36.4 Å². The van der Waals surface area contributed by atoms with Crippen LogP contribution in [0.15, 0.2) is 30.5 Å². The van der Waals surface area contributed by atoms with Crippen LogP contribution in [0.2, 0.25) is 0 Å². The number of para-hydroxylation sites is 1. The molecular weight excluding hydrogens is 248 g/mol. The van der Waals surface area contributed by atoms with Crippen molar-refractivity contribution >= 4 is 22.3 Å². The second-order valence-corrected chi connectivity index (χ2v) is 5.99. The molecular formula is C16H22N4. The van der Waals surface area contributed by atoms with Crippen molar-refractivity contribution < 1.29 is 0 Å². The Morgan fingerprint density at radius 2 is 2.05 bits per heavy atom. The van der Waals surface area contributed by atoms with Crippen LogP contribution < -0.4 is 10.6 Å². The number of benzene rings is 1. The second-order valence-electron chi connectivity index (χ2n) is 5.99. The molecule has 0 saturated carbocycles. The number of fused-ring (bicyclic) bond motifs is 1. The number of nitrogen functional groups attached to an aromatic ring is 1. The van der Waals surface area contributed by atoms with Crippen LogP contribution in [0.25, 0.3) is 10.9 Å². The van der Waals surface area contributed by atoms with Crippen LogP contribution in [0.1, 0.15) is 6.92 Å². The van der Waals surface area contributed by atoms with Gasteiger partial charge >= 0.3 is 0 Å². The zero-order chi connectivity index (χ0) is 14.3. The Balaban J connectivity index is 2.02. The number of rotatable bonds is 2. The molecule has 106 valence electrons. The summed E-state index contributed by atoms with van der Waals surface area (Å²) < 4.78 is 0. The molecule has 1 aromatic carbocycles. The Kier molecular flexibility index (Phi) is 3.26. The van der Waals surface area contributed by atoms with Gasteiger partial charge in [-0.05, 0) is 32.1 Å². The number of hydrogen-bond donors (Lipinski definition) is 1. The average molecular weight is 270 g/mol. The SMILES string of the molecule is CC1CN(c2ccnc3c(N)cccc23)CC1N(C)C. The van der Waals surface area contributed by atoms with E-state index in [1.807, 2.05) is 18.3 Å². The first-order chi connectivity index (χ1) is 9.58. The maximum atomic E-state index is 6.04. The van der Waals surface area contributed by atoms with Crippen LogP contribution >= 0.6 is 0 Å². The Hall–Kier alpha value is -1.81. The average Bonchev–Trinajstić information content (AvgIpc) is 2.81. The van der Waals surface area contributed by atoms with Gasteiger partial charge in [-0.15, -0.1) is 0 Å². The number of hydrogen-bond acceptors (Lipinski definition) is 4. The minimum absolute atomic E-state index is 0.597. The highest BCUT2D eigenvalue weighted by Crippen LogP contribution is 2.32. The molecule has 0 amide bonds. The molecule has 4 nitrogen and oxygen atoms in total. The van der Waals surface area contributed by atoms with Crippen molar-refractivity contribution in [3.8, 4) is 0 Å². The summed E-state index contributed by atoms with van der Waals surface area (Å²) in [4.78, 5) is 9.20. The molecule has 1 aliphatic heterocycles. The van der Waals surface area contributed by atoms with Crippen LogP contribution in [-0.4, -0.2) is 43.1 Å². The van der Waals surface area contributed by atoms with Gasteiger partial charge in [0.15, 0.2) is 0 Å². The predicted molar refractivity (Wildman–Crippen MR) is 85.0 cm³/mol. The molecule has 1 fully saturated rings. The third-order valence-electron chi connectivity index (χ3n) is 4.36. The molecule has 1 aliphatic rings. The first-order valence-corrected chi connectivity index (χ1v) is 7.12. The third-order valence-corrected chi connectivity index (χ3v) is 4.36. The molecule has 0 bridgehead atoms. The number of pyridine rings is 1. The van der Waals surface area contributed by atoms with E-state index in [0.29, 0.717) is 12.0 Å². The molecule has 2 heterocycles. The summed E-state index contributed by atoms with van der Waals surface area (Å²) >= 11 is 0. The van der Waals surface area contributed by atoms with Crippen LogP contribution in [0.5, 0.6) is 0 Å². The topological polar surface area (TPSA) is 45.4 Å². The van der Waals surface area contributed by atoms with E-state index in [1.165, 1.54) is 5.69 Å². The normalized spacial score (nSPS) is 22.9. The Morgan fingerprint density at radius 3 is 2.75 bits per heavy atom. The quantitative estimate of drug-likeness (QED) is 0.850. The molecule has 2 atom stereocenters. The first-order valence-electron chi connectivity index (χ1n) is 7.12. The summed E-state index contributed by atoms with van der Waals surface area (Å²) in [5.41, 5.74) is 8.94. The van der Waals surface area contributed by atoms with E-state index >= 15 is 0 Å². The number of nitrogens with zero attached hydrogens (tertiary/aromatic N) is 3. The molecule has 2 N–H and O–H groups in total. The molecule has 1 aromatic heterocycles. The molecule has 0 spiro atoms. The molecule has 4 heteroatoms. The Morgan fingerprint density at radius 1 is 1.25 bits per heavy atom. The Labute approximate surface area is 120 Å². The molecule has 3 rings (SSSR count). The summed E-state index contributed by atoms with van der Waals surface area (Å²) in [6.45, 7) is 4.46. The number of aromatic nitrogens is 1. The zero-order valence-corrected chi connectivity index (χ0v) is 12.4. The number of anilines is 2. The van der Waals surface area contributed by atoms with Crippen molar-refractivity contribution in [3.63, 3.8) is 0 Å². The fourth-order valence-corrected chi connectivity index (χ4v) is 3.28. The lowest BCUT2D eigenvalue weighted by Gasteiger charge is -2.23. The van der Waals surface area contributed by atoms with E-state index in [4.69, 9.17) is 5.73 Å². The van der Waals surface area contributed by atoms with Gasteiger partial charge in [0.25, 0.3) is 0 Å². The fourth-order valence-electron chi connectivity index (χ4n) is 3.28.